The smallest absolute Gasteiger partial charge is 0.238 e. The van der Waals surface area contributed by atoms with Crippen LogP contribution in [0.3, 0.4) is 0 Å². The molecule has 1 aromatic carbocycles. The predicted molar refractivity (Wildman–Crippen MR) is 83.1 cm³/mol. The minimum Gasteiger partial charge on any atom is -0.274 e. The van der Waals surface area contributed by atoms with Crippen LogP contribution in [0.2, 0.25) is 0 Å². The Bertz CT molecular complexity index is 714. The summed E-state index contributed by atoms with van der Waals surface area (Å²) in [5.41, 5.74) is 2.95. The van der Waals surface area contributed by atoms with Gasteiger partial charge in [0.1, 0.15) is 0 Å². The van der Waals surface area contributed by atoms with E-state index in [0.717, 1.165) is 16.8 Å². The highest BCUT2D eigenvalue weighted by atomic mass is 16.2. The Morgan fingerprint density at radius 1 is 0.955 bits per heavy atom. The van der Waals surface area contributed by atoms with Crippen molar-refractivity contribution in [3.63, 3.8) is 0 Å². The maximum Gasteiger partial charge on any atom is 0.238 e. The van der Waals surface area contributed by atoms with E-state index in [1.54, 1.807) is 0 Å². The molecule has 1 aliphatic heterocycles. The van der Waals surface area contributed by atoms with E-state index < -0.39 is 0 Å². The summed E-state index contributed by atoms with van der Waals surface area (Å²) in [7, 11) is 0. The maximum absolute atomic E-state index is 13.0. The van der Waals surface area contributed by atoms with Gasteiger partial charge in [-0.3, -0.25) is 9.59 Å². The molecule has 22 heavy (non-hydrogen) atoms. The van der Waals surface area contributed by atoms with Gasteiger partial charge in [0.2, 0.25) is 11.8 Å². The molecule has 0 spiro atoms. The summed E-state index contributed by atoms with van der Waals surface area (Å²) in [6.07, 6.45) is 5.65. The second-order valence-electron chi connectivity index (χ2n) is 7.39. The summed E-state index contributed by atoms with van der Waals surface area (Å²) in [5, 5.41) is 0. The Hall–Kier alpha value is -1.90. The van der Waals surface area contributed by atoms with Crippen molar-refractivity contribution in [3.8, 4) is 0 Å². The van der Waals surface area contributed by atoms with Gasteiger partial charge in [-0.05, 0) is 61.1 Å². The number of allylic oxidation sites excluding steroid dienone is 2. The normalized spacial score (nSPS) is 40.9. The van der Waals surface area contributed by atoms with Gasteiger partial charge in [-0.2, -0.15) is 0 Å². The molecular formula is C19H19NO2. The second kappa shape index (κ2) is 3.89. The molecule has 1 heterocycles. The Morgan fingerprint density at radius 2 is 1.55 bits per heavy atom. The summed E-state index contributed by atoms with van der Waals surface area (Å²) >= 11 is 0. The largest absolute Gasteiger partial charge is 0.274 e. The first kappa shape index (κ1) is 12.6. The lowest BCUT2D eigenvalue weighted by molar-refractivity contribution is -0.124. The summed E-state index contributed by atoms with van der Waals surface area (Å²) in [6, 6.07) is 5.87. The number of imide groups is 1. The zero-order chi connectivity index (χ0) is 15.2. The third-order valence-corrected chi connectivity index (χ3v) is 6.48. The first-order chi connectivity index (χ1) is 10.6. The van der Waals surface area contributed by atoms with E-state index in [4.69, 9.17) is 0 Å². The number of carbonyl (C=O) groups excluding carboxylic acids is 2. The van der Waals surface area contributed by atoms with Crippen molar-refractivity contribution < 1.29 is 9.59 Å². The van der Waals surface area contributed by atoms with Crippen molar-refractivity contribution in [2.45, 2.75) is 20.3 Å². The summed E-state index contributed by atoms with van der Waals surface area (Å²) < 4.78 is 0. The topological polar surface area (TPSA) is 37.4 Å². The van der Waals surface area contributed by atoms with Crippen molar-refractivity contribution in [2.24, 2.45) is 35.5 Å². The van der Waals surface area contributed by atoms with Crippen LogP contribution in [-0.4, -0.2) is 11.8 Å². The van der Waals surface area contributed by atoms with Gasteiger partial charge in [-0.1, -0.05) is 24.3 Å². The van der Waals surface area contributed by atoms with Gasteiger partial charge in [0.15, 0.2) is 0 Å². The number of aryl methyl sites for hydroxylation is 1. The number of nitrogens with zero attached hydrogens (tertiary/aromatic N) is 1. The molecule has 6 rings (SSSR count). The lowest BCUT2D eigenvalue weighted by Crippen LogP contribution is -2.40. The van der Waals surface area contributed by atoms with Gasteiger partial charge in [0, 0.05) is 0 Å². The van der Waals surface area contributed by atoms with Gasteiger partial charge >= 0.3 is 0 Å². The van der Waals surface area contributed by atoms with Crippen LogP contribution in [0.5, 0.6) is 0 Å². The number of hydrogen-bond donors (Lipinski definition) is 0. The molecule has 2 saturated carbocycles. The van der Waals surface area contributed by atoms with Gasteiger partial charge < -0.3 is 0 Å². The third kappa shape index (κ3) is 1.33. The van der Waals surface area contributed by atoms with Crippen molar-refractivity contribution in [2.75, 3.05) is 4.90 Å². The van der Waals surface area contributed by atoms with Crippen molar-refractivity contribution in [1.82, 2.24) is 0 Å². The molecule has 3 fully saturated rings. The number of carbonyl (C=O) groups is 2. The van der Waals surface area contributed by atoms with E-state index in [-0.39, 0.29) is 23.7 Å². The van der Waals surface area contributed by atoms with E-state index >= 15 is 0 Å². The molecule has 112 valence electrons. The fourth-order valence-electron chi connectivity index (χ4n) is 5.17. The molecule has 2 amide bonds. The van der Waals surface area contributed by atoms with E-state index in [0.29, 0.717) is 23.7 Å². The molecule has 2 bridgehead atoms. The highest BCUT2D eigenvalue weighted by Gasteiger charge is 2.67. The van der Waals surface area contributed by atoms with E-state index in [2.05, 4.69) is 12.2 Å². The maximum atomic E-state index is 13.0. The van der Waals surface area contributed by atoms with Crippen LogP contribution >= 0.6 is 0 Å². The lowest BCUT2D eigenvalue weighted by Gasteiger charge is -2.37. The molecule has 4 aliphatic carbocycles. The first-order valence-corrected chi connectivity index (χ1v) is 8.22. The molecular weight excluding hydrogens is 274 g/mol. The monoisotopic (exact) mass is 293 g/mol. The molecule has 6 atom stereocenters. The van der Waals surface area contributed by atoms with E-state index in [9.17, 15) is 9.59 Å². The first-order valence-electron chi connectivity index (χ1n) is 8.22. The number of hydrogen-bond acceptors (Lipinski definition) is 2. The van der Waals surface area contributed by atoms with Crippen molar-refractivity contribution in [3.05, 3.63) is 41.5 Å². The van der Waals surface area contributed by atoms with Crippen LogP contribution in [0.15, 0.2) is 30.4 Å². The minimum atomic E-state index is -0.105. The van der Waals surface area contributed by atoms with E-state index in [1.165, 1.54) is 11.3 Å². The van der Waals surface area contributed by atoms with Crippen LogP contribution < -0.4 is 4.90 Å². The Labute approximate surface area is 130 Å². The standard InChI is InChI=1S/C19H19NO2/c1-9-4-3-5-15(10(9)2)20-18(21)16-11-6-7-12(14-8-13(11)14)17(16)19(20)22/h3-7,11-14,16-17H,8H2,1-2H3/t11-,12-,13-,14-,16-,17+/m0/s1. The molecule has 0 aromatic heterocycles. The summed E-state index contributed by atoms with van der Waals surface area (Å²) in [4.78, 5) is 27.6. The Balaban J connectivity index is 1.62. The van der Waals surface area contributed by atoms with Crippen LogP contribution in [0, 0.1) is 49.4 Å². The zero-order valence-corrected chi connectivity index (χ0v) is 12.8. The minimum absolute atomic E-state index is 0.0356. The van der Waals surface area contributed by atoms with Crippen LogP contribution in [0.25, 0.3) is 0 Å². The molecule has 0 N–H and O–H groups in total. The third-order valence-electron chi connectivity index (χ3n) is 6.48. The number of benzene rings is 1. The van der Waals surface area contributed by atoms with E-state index in [1.807, 2.05) is 32.0 Å². The average molecular weight is 293 g/mol. The van der Waals surface area contributed by atoms with Crippen LogP contribution in [-0.2, 0) is 9.59 Å². The van der Waals surface area contributed by atoms with Gasteiger partial charge in [0.25, 0.3) is 0 Å². The molecule has 1 aromatic rings. The predicted octanol–water partition coefficient (Wildman–Crippen LogP) is 2.86. The van der Waals surface area contributed by atoms with Gasteiger partial charge in [-0.15, -0.1) is 0 Å². The Kier molecular flexibility index (Phi) is 2.23. The van der Waals surface area contributed by atoms with Gasteiger partial charge in [-0.25, -0.2) is 4.90 Å². The Morgan fingerprint density at radius 3 is 2.14 bits per heavy atom. The van der Waals surface area contributed by atoms with Gasteiger partial charge in [0.05, 0.1) is 17.5 Å². The highest BCUT2D eigenvalue weighted by molar-refractivity contribution is 6.23. The SMILES string of the molecule is Cc1cccc(N2C(=O)[C@@H]3[C@H]4C=C[C@@H]([C@@H]5C[C@@H]45)[C@@H]3C2=O)c1C. The lowest BCUT2D eigenvalue weighted by atomic mass is 9.63. The molecule has 0 unspecified atom stereocenters. The molecule has 0 radical (unpaired) electrons. The number of rotatable bonds is 1. The summed E-state index contributed by atoms with van der Waals surface area (Å²) in [5.74, 6) is 1.77. The zero-order valence-electron chi connectivity index (χ0n) is 12.8. The van der Waals surface area contributed by atoms with Crippen LogP contribution in [0.4, 0.5) is 5.69 Å². The quantitative estimate of drug-likeness (QED) is 0.590. The fraction of sp³-hybridized carbons (Fsp3) is 0.474. The van der Waals surface area contributed by atoms with Crippen LogP contribution in [0.1, 0.15) is 17.5 Å². The number of anilines is 1. The fourth-order valence-corrected chi connectivity index (χ4v) is 5.17. The summed E-state index contributed by atoms with van der Waals surface area (Å²) in [6.45, 7) is 4.02. The molecule has 3 nitrogen and oxygen atoms in total. The van der Waals surface area contributed by atoms with Crippen molar-refractivity contribution >= 4 is 17.5 Å². The highest BCUT2D eigenvalue weighted by Crippen LogP contribution is 2.65. The average Bonchev–Trinajstić information content (AvgIpc) is 3.28. The molecule has 3 heteroatoms. The molecule has 5 aliphatic rings. The molecule has 1 saturated heterocycles. The second-order valence-corrected chi connectivity index (χ2v) is 7.39. The van der Waals surface area contributed by atoms with Crippen molar-refractivity contribution in [1.29, 1.82) is 0 Å². The number of amides is 2.